The average molecular weight is 257 g/mol. The number of hydrogen-bond donors (Lipinski definition) is 0. The molecule has 0 saturated carbocycles. The monoisotopic (exact) mass is 257 g/mol. The molecular weight excluding hydrogens is 238 g/mol. The molecule has 102 valence electrons. The molecule has 3 rings (SSSR count). The van der Waals surface area contributed by atoms with Crippen LogP contribution in [0, 0.1) is 5.92 Å². The van der Waals surface area contributed by atoms with Crippen LogP contribution in [0.3, 0.4) is 0 Å². The Morgan fingerprint density at radius 2 is 1.61 bits per heavy atom. The number of fused-ring (bicyclic) bond motifs is 2. The van der Waals surface area contributed by atoms with Crippen LogP contribution in [-0.2, 0) is 24.3 Å². The first kappa shape index (κ1) is 12.3. The summed E-state index contributed by atoms with van der Waals surface area (Å²) in [5, 5.41) is 0. The van der Waals surface area contributed by atoms with E-state index in [1.807, 2.05) is 4.90 Å². The fourth-order valence-electron chi connectivity index (χ4n) is 2.98. The summed E-state index contributed by atoms with van der Waals surface area (Å²) >= 11 is 0. The lowest BCUT2D eigenvalue weighted by atomic mass is 9.88. The van der Waals surface area contributed by atoms with Crippen molar-refractivity contribution in [3.8, 4) is 0 Å². The van der Waals surface area contributed by atoms with E-state index >= 15 is 0 Å². The molecule has 0 N–H and O–H groups in total. The molecule has 3 saturated heterocycles. The maximum Gasteiger partial charge on any atom is 0.239 e. The van der Waals surface area contributed by atoms with Crippen LogP contribution in [0.1, 0.15) is 39.5 Å². The van der Waals surface area contributed by atoms with Crippen LogP contribution in [0.15, 0.2) is 0 Å². The van der Waals surface area contributed by atoms with Crippen molar-refractivity contribution in [2.24, 2.45) is 5.92 Å². The third-order valence-electron chi connectivity index (χ3n) is 4.12. The topological polar surface area (TPSA) is 57.2 Å². The molecule has 6 nitrogen and oxygen atoms in total. The van der Waals surface area contributed by atoms with Crippen molar-refractivity contribution in [3.05, 3.63) is 0 Å². The van der Waals surface area contributed by atoms with E-state index in [2.05, 4.69) is 0 Å². The van der Waals surface area contributed by atoms with Gasteiger partial charge in [0.25, 0.3) is 0 Å². The number of hydrogen-bond acceptors (Lipinski definition) is 5. The minimum atomic E-state index is -0.889. The molecule has 0 radical (unpaired) electrons. The number of carbonyl (C=O) groups excluding carboxylic acids is 1. The Morgan fingerprint density at radius 3 is 2.11 bits per heavy atom. The summed E-state index contributed by atoms with van der Waals surface area (Å²) < 4.78 is 0. The molecule has 3 aliphatic rings. The summed E-state index contributed by atoms with van der Waals surface area (Å²) in [4.78, 5) is 34.5. The smallest absolute Gasteiger partial charge is 0.239 e. The lowest BCUT2D eigenvalue weighted by Gasteiger charge is -2.20. The summed E-state index contributed by atoms with van der Waals surface area (Å²) in [5.74, 6) is -1.66. The molecule has 0 atom stereocenters. The SMILES string of the molecule is CC12OOC(C)(OO1)C2CCC(=O)N1CCCC1. The lowest BCUT2D eigenvalue weighted by molar-refractivity contribution is -0.583. The van der Waals surface area contributed by atoms with E-state index in [1.54, 1.807) is 13.8 Å². The zero-order valence-electron chi connectivity index (χ0n) is 10.8. The van der Waals surface area contributed by atoms with E-state index in [9.17, 15) is 4.79 Å². The van der Waals surface area contributed by atoms with Crippen LogP contribution in [-0.4, -0.2) is 35.5 Å². The van der Waals surface area contributed by atoms with Gasteiger partial charge < -0.3 is 4.90 Å². The van der Waals surface area contributed by atoms with Gasteiger partial charge >= 0.3 is 0 Å². The highest BCUT2D eigenvalue weighted by molar-refractivity contribution is 5.76. The van der Waals surface area contributed by atoms with Crippen LogP contribution in [0.2, 0.25) is 0 Å². The van der Waals surface area contributed by atoms with E-state index in [0.717, 1.165) is 25.9 Å². The largest absolute Gasteiger partial charge is 0.343 e. The second kappa shape index (κ2) is 4.16. The Labute approximate surface area is 106 Å². The average Bonchev–Trinajstić information content (AvgIpc) is 2.99. The lowest BCUT2D eigenvalue weighted by Crippen LogP contribution is -2.35. The van der Waals surface area contributed by atoms with Gasteiger partial charge in [0.05, 0.1) is 5.92 Å². The molecule has 0 aliphatic carbocycles. The maximum absolute atomic E-state index is 12.0. The van der Waals surface area contributed by atoms with E-state index in [0.29, 0.717) is 12.8 Å². The highest BCUT2D eigenvalue weighted by atomic mass is 17.4. The fraction of sp³-hybridized carbons (Fsp3) is 0.917. The maximum atomic E-state index is 12.0. The first-order valence-corrected chi connectivity index (χ1v) is 6.55. The van der Waals surface area contributed by atoms with E-state index in [4.69, 9.17) is 19.6 Å². The van der Waals surface area contributed by atoms with Crippen molar-refractivity contribution in [2.45, 2.75) is 51.1 Å². The first-order chi connectivity index (χ1) is 8.54. The van der Waals surface area contributed by atoms with Gasteiger partial charge in [-0.05, 0) is 33.1 Å². The van der Waals surface area contributed by atoms with Crippen LogP contribution < -0.4 is 0 Å². The standard InChI is InChI=1S/C12H19NO5/c1-11-9(12(2,17-15-11)18-16-11)5-6-10(14)13-7-3-4-8-13/h9H,3-8H2,1-2H3. The van der Waals surface area contributed by atoms with Crippen molar-refractivity contribution in [2.75, 3.05) is 13.1 Å². The van der Waals surface area contributed by atoms with Gasteiger partial charge in [0.15, 0.2) is 0 Å². The number of carbonyl (C=O) groups is 1. The molecule has 0 aromatic rings. The summed E-state index contributed by atoms with van der Waals surface area (Å²) in [6, 6.07) is 0. The minimum Gasteiger partial charge on any atom is -0.343 e. The Morgan fingerprint density at radius 1 is 1.11 bits per heavy atom. The zero-order valence-corrected chi connectivity index (χ0v) is 10.8. The van der Waals surface area contributed by atoms with E-state index < -0.39 is 11.6 Å². The van der Waals surface area contributed by atoms with Gasteiger partial charge in [0, 0.05) is 19.5 Å². The number of nitrogens with zero attached hydrogens (tertiary/aromatic N) is 1. The third-order valence-corrected chi connectivity index (χ3v) is 4.12. The number of amides is 1. The van der Waals surface area contributed by atoms with Gasteiger partial charge in [0.1, 0.15) is 0 Å². The molecule has 18 heavy (non-hydrogen) atoms. The molecule has 0 aromatic carbocycles. The van der Waals surface area contributed by atoms with Crippen molar-refractivity contribution in [1.29, 1.82) is 0 Å². The molecule has 0 spiro atoms. The Bertz CT molecular complexity index is 326. The van der Waals surface area contributed by atoms with Crippen LogP contribution in [0.5, 0.6) is 0 Å². The Balaban J connectivity index is 1.58. The first-order valence-electron chi connectivity index (χ1n) is 6.55. The van der Waals surface area contributed by atoms with Gasteiger partial charge in [-0.1, -0.05) is 0 Å². The summed E-state index contributed by atoms with van der Waals surface area (Å²) in [7, 11) is 0. The predicted molar refractivity (Wildman–Crippen MR) is 59.7 cm³/mol. The summed E-state index contributed by atoms with van der Waals surface area (Å²) in [6.07, 6.45) is 3.35. The molecule has 2 bridgehead atoms. The van der Waals surface area contributed by atoms with E-state index in [1.165, 1.54) is 0 Å². The van der Waals surface area contributed by atoms with Crippen molar-refractivity contribution in [3.63, 3.8) is 0 Å². The number of rotatable bonds is 3. The molecule has 3 aliphatic heterocycles. The normalized spacial score (nSPS) is 42.8. The molecular formula is C12H19NO5. The quantitative estimate of drug-likeness (QED) is 0.714. The Kier molecular flexibility index (Phi) is 2.85. The fourth-order valence-corrected chi connectivity index (χ4v) is 2.98. The molecule has 0 aromatic heterocycles. The number of likely N-dealkylation sites (tertiary alicyclic amines) is 1. The van der Waals surface area contributed by atoms with Gasteiger partial charge in [-0.15, -0.1) is 0 Å². The van der Waals surface area contributed by atoms with Gasteiger partial charge in [0.2, 0.25) is 17.5 Å². The highest BCUT2D eigenvalue weighted by Gasteiger charge is 2.65. The predicted octanol–water partition coefficient (Wildman–Crippen LogP) is 1.36. The third kappa shape index (κ3) is 1.84. The van der Waals surface area contributed by atoms with Crippen LogP contribution >= 0.6 is 0 Å². The van der Waals surface area contributed by atoms with Crippen LogP contribution in [0.4, 0.5) is 0 Å². The zero-order chi connectivity index (χ0) is 12.8. The van der Waals surface area contributed by atoms with Gasteiger partial charge in [-0.3, -0.25) is 4.79 Å². The van der Waals surface area contributed by atoms with Crippen molar-refractivity contribution in [1.82, 2.24) is 4.90 Å². The van der Waals surface area contributed by atoms with E-state index in [-0.39, 0.29) is 11.8 Å². The second-order valence-corrected chi connectivity index (χ2v) is 5.54. The van der Waals surface area contributed by atoms with Crippen LogP contribution in [0.25, 0.3) is 0 Å². The van der Waals surface area contributed by atoms with Crippen molar-refractivity contribution >= 4 is 5.91 Å². The highest BCUT2D eigenvalue weighted by Crippen LogP contribution is 2.51. The molecule has 6 heteroatoms. The minimum absolute atomic E-state index is 0.0865. The second-order valence-electron chi connectivity index (χ2n) is 5.54. The van der Waals surface area contributed by atoms with Crippen molar-refractivity contribution < 1.29 is 24.3 Å². The summed E-state index contributed by atoms with van der Waals surface area (Å²) in [5.41, 5.74) is 0. The molecule has 0 unspecified atom stereocenters. The molecule has 1 amide bonds. The van der Waals surface area contributed by atoms with Gasteiger partial charge in [-0.25, -0.2) is 0 Å². The van der Waals surface area contributed by atoms with Gasteiger partial charge in [-0.2, -0.15) is 19.6 Å². The Hall–Kier alpha value is -0.690. The summed E-state index contributed by atoms with van der Waals surface area (Å²) in [6.45, 7) is 5.32. The molecule has 3 heterocycles. The molecule has 3 fully saturated rings.